The van der Waals surface area contributed by atoms with Crippen LogP contribution in [0.1, 0.15) is 25.3 Å². The minimum absolute atomic E-state index is 0.141. The highest BCUT2D eigenvalue weighted by molar-refractivity contribution is 4.95. The lowest BCUT2D eigenvalue weighted by Crippen LogP contribution is -2.41. The molecule has 1 unspecified atom stereocenters. The summed E-state index contributed by atoms with van der Waals surface area (Å²) in [7, 11) is 0. The third kappa shape index (κ3) is 1.68. The second-order valence-electron chi connectivity index (χ2n) is 4.59. The molecule has 82 valence electrons. The number of nitrogens with zero attached hydrogens (tertiary/aromatic N) is 2. The van der Waals surface area contributed by atoms with Crippen molar-refractivity contribution < 1.29 is 4.74 Å². The average molecular weight is 207 g/mol. The van der Waals surface area contributed by atoms with E-state index in [-0.39, 0.29) is 5.60 Å². The SMILES string of the molecule is c1cnn(C2COC3(CCNCC3)C2)c1. The highest BCUT2D eigenvalue weighted by Crippen LogP contribution is 2.38. The molecule has 4 nitrogen and oxygen atoms in total. The normalized spacial score (nSPS) is 29.7. The minimum Gasteiger partial charge on any atom is -0.373 e. The Balaban J connectivity index is 1.72. The van der Waals surface area contributed by atoms with Crippen molar-refractivity contribution >= 4 is 0 Å². The first kappa shape index (κ1) is 9.36. The first-order chi connectivity index (χ1) is 7.38. The standard InChI is InChI=1S/C11H17N3O/c1-4-13-14(7-1)10-8-11(15-9-10)2-5-12-6-3-11/h1,4,7,10,12H,2-3,5-6,8-9H2. The Morgan fingerprint density at radius 2 is 2.27 bits per heavy atom. The van der Waals surface area contributed by atoms with Crippen molar-refractivity contribution in [3.63, 3.8) is 0 Å². The zero-order chi connectivity index (χ0) is 10.1. The number of hydrogen-bond donors (Lipinski definition) is 1. The Labute approximate surface area is 89.6 Å². The molecule has 1 atom stereocenters. The molecule has 1 spiro atoms. The molecule has 1 aromatic rings. The molecule has 0 saturated carbocycles. The van der Waals surface area contributed by atoms with Crippen LogP contribution in [-0.4, -0.2) is 35.1 Å². The van der Waals surface area contributed by atoms with E-state index in [4.69, 9.17) is 4.74 Å². The molecule has 0 bridgehead atoms. The molecule has 2 aliphatic heterocycles. The molecule has 0 amide bonds. The van der Waals surface area contributed by atoms with Gasteiger partial charge in [0.1, 0.15) is 0 Å². The van der Waals surface area contributed by atoms with Crippen molar-refractivity contribution in [2.24, 2.45) is 0 Å². The van der Waals surface area contributed by atoms with Crippen LogP contribution in [-0.2, 0) is 4.74 Å². The van der Waals surface area contributed by atoms with Crippen LogP contribution in [0.5, 0.6) is 0 Å². The second-order valence-corrected chi connectivity index (χ2v) is 4.59. The number of hydrogen-bond acceptors (Lipinski definition) is 3. The second kappa shape index (κ2) is 3.61. The Kier molecular flexibility index (Phi) is 2.25. The van der Waals surface area contributed by atoms with Crippen LogP contribution in [0.3, 0.4) is 0 Å². The lowest BCUT2D eigenvalue weighted by molar-refractivity contribution is -0.0196. The molecule has 2 aliphatic rings. The Hall–Kier alpha value is -0.870. The maximum atomic E-state index is 6.02. The maximum Gasteiger partial charge on any atom is 0.0780 e. The summed E-state index contributed by atoms with van der Waals surface area (Å²) in [5.41, 5.74) is 0.141. The van der Waals surface area contributed by atoms with Crippen molar-refractivity contribution in [2.45, 2.75) is 30.9 Å². The van der Waals surface area contributed by atoms with Gasteiger partial charge in [-0.05, 0) is 32.0 Å². The van der Waals surface area contributed by atoms with E-state index in [1.807, 2.05) is 23.1 Å². The van der Waals surface area contributed by atoms with E-state index >= 15 is 0 Å². The fraction of sp³-hybridized carbons (Fsp3) is 0.727. The minimum atomic E-state index is 0.141. The molecule has 1 aromatic heterocycles. The molecule has 2 saturated heterocycles. The van der Waals surface area contributed by atoms with Crippen LogP contribution in [0.15, 0.2) is 18.5 Å². The fourth-order valence-electron chi connectivity index (χ4n) is 2.72. The molecule has 1 N–H and O–H groups in total. The number of piperidine rings is 1. The zero-order valence-electron chi connectivity index (χ0n) is 8.85. The van der Waals surface area contributed by atoms with Crippen LogP contribution in [0.2, 0.25) is 0 Å². The quantitative estimate of drug-likeness (QED) is 0.745. The lowest BCUT2D eigenvalue weighted by atomic mass is 9.88. The molecule has 15 heavy (non-hydrogen) atoms. The summed E-state index contributed by atoms with van der Waals surface area (Å²) < 4.78 is 8.06. The van der Waals surface area contributed by atoms with Crippen LogP contribution in [0.25, 0.3) is 0 Å². The molecule has 3 heterocycles. The molecule has 0 aromatic carbocycles. The van der Waals surface area contributed by atoms with Crippen LogP contribution >= 0.6 is 0 Å². The average Bonchev–Trinajstić information content (AvgIpc) is 2.88. The molecule has 3 rings (SSSR count). The molecular formula is C11H17N3O. The Morgan fingerprint density at radius 3 is 3.00 bits per heavy atom. The van der Waals surface area contributed by atoms with Gasteiger partial charge >= 0.3 is 0 Å². The molecule has 4 heteroatoms. The van der Waals surface area contributed by atoms with Gasteiger partial charge in [0.2, 0.25) is 0 Å². The van der Waals surface area contributed by atoms with Crippen LogP contribution in [0.4, 0.5) is 0 Å². The monoisotopic (exact) mass is 207 g/mol. The molecular weight excluding hydrogens is 190 g/mol. The predicted octanol–water partition coefficient (Wildman–Crippen LogP) is 0.967. The van der Waals surface area contributed by atoms with Crippen molar-refractivity contribution in [1.29, 1.82) is 0 Å². The van der Waals surface area contributed by atoms with E-state index in [0.29, 0.717) is 6.04 Å². The third-order valence-electron chi connectivity index (χ3n) is 3.60. The van der Waals surface area contributed by atoms with Gasteiger partial charge in [-0.15, -0.1) is 0 Å². The van der Waals surface area contributed by atoms with Gasteiger partial charge in [-0.3, -0.25) is 4.68 Å². The van der Waals surface area contributed by atoms with Crippen molar-refractivity contribution in [3.8, 4) is 0 Å². The summed E-state index contributed by atoms with van der Waals surface area (Å²) in [5.74, 6) is 0. The summed E-state index contributed by atoms with van der Waals surface area (Å²) in [5, 5.41) is 7.68. The summed E-state index contributed by atoms with van der Waals surface area (Å²) in [6.45, 7) is 3.00. The molecule has 0 radical (unpaired) electrons. The molecule has 0 aliphatic carbocycles. The van der Waals surface area contributed by atoms with Crippen molar-refractivity contribution in [3.05, 3.63) is 18.5 Å². The van der Waals surface area contributed by atoms with Gasteiger partial charge in [-0.25, -0.2) is 0 Å². The summed E-state index contributed by atoms with van der Waals surface area (Å²) >= 11 is 0. The van der Waals surface area contributed by atoms with E-state index in [1.54, 1.807) is 0 Å². The first-order valence-corrected chi connectivity index (χ1v) is 5.72. The van der Waals surface area contributed by atoms with E-state index in [1.165, 1.54) is 0 Å². The number of nitrogens with one attached hydrogen (secondary N) is 1. The zero-order valence-corrected chi connectivity index (χ0v) is 8.85. The van der Waals surface area contributed by atoms with Gasteiger partial charge in [0.05, 0.1) is 18.2 Å². The highest BCUT2D eigenvalue weighted by Gasteiger charge is 2.41. The molecule has 2 fully saturated rings. The van der Waals surface area contributed by atoms with E-state index in [0.717, 1.165) is 39.0 Å². The lowest BCUT2D eigenvalue weighted by Gasteiger charge is -2.32. The third-order valence-corrected chi connectivity index (χ3v) is 3.60. The summed E-state index contributed by atoms with van der Waals surface area (Å²) in [6.07, 6.45) is 7.29. The first-order valence-electron chi connectivity index (χ1n) is 5.72. The Morgan fingerprint density at radius 1 is 1.40 bits per heavy atom. The van der Waals surface area contributed by atoms with Crippen molar-refractivity contribution in [1.82, 2.24) is 15.1 Å². The van der Waals surface area contributed by atoms with Gasteiger partial charge < -0.3 is 10.1 Å². The fourth-order valence-corrected chi connectivity index (χ4v) is 2.72. The van der Waals surface area contributed by atoms with Crippen LogP contribution < -0.4 is 5.32 Å². The van der Waals surface area contributed by atoms with Gasteiger partial charge in [-0.2, -0.15) is 5.10 Å². The number of ether oxygens (including phenoxy) is 1. The van der Waals surface area contributed by atoms with Gasteiger partial charge in [-0.1, -0.05) is 0 Å². The largest absolute Gasteiger partial charge is 0.373 e. The van der Waals surface area contributed by atoms with Gasteiger partial charge in [0.25, 0.3) is 0 Å². The van der Waals surface area contributed by atoms with E-state index in [2.05, 4.69) is 10.4 Å². The van der Waals surface area contributed by atoms with E-state index in [9.17, 15) is 0 Å². The smallest absolute Gasteiger partial charge is 0.0780 e. The maximum absolute atomic E-state index is 6.02. The van der Waals surface area contributed by atoms with Crippen molar-refractivity contribution in [2.75, 3.05) is 19.7 Å². The van der Waals surface area contributed by atoms with Crippen LogP contribution in [0, 0.1) is 0 Å². The predicted molar refractivity (Wildman–Crippen MR) is 56.7 cm³/mol. The topological polar surface area (TPSA) is 39.1 Å². The van der Waals surface area contributed by atoms with E-state index < -0.39 is 0 Å². The highest BCUT2D eigenvalue weighted by atomic mass is 16.5. The number of aromatic nitrogens is 2. The van der Waals surface area contributed by atoms with Gasteiger partial charge in [0, 0.05) is 18.8 Å². The van der Waals surface area contributed by atoms with Gasteiger partial charge in [0.15, 0.2) is 0 Å². The number of rotatable bonds is 1. The summed E-state index contributed by atoms with van der Waals surface area (Å²) in [4.78, 5) is 0. The summed E-state index contributed by atoms with van der Waals surface area (Å²) in [6, 6.07) is 2.42. The Bertz CT molecular complexity index is 317.